The lowest BCUT2D eigenvalue weighted by atomic mass is 10.1. The molecule has 33 heavy (non-hydrogen) atoms. The number of rotatable bonds is 5. The van der Waals surface area contributed by atoms with Gasteiger partial charge in [-0.1, -0.05) is 24.3 Å². The summed E-state index contributed by atoms with van der Waals surface area (Å²) in [6.45, 7) is 0. The number of phenolic OH excluding ortho intramolecular Hbond substituents is 1. The fourth-order valence-corrected chi connectivity index (χ4v) is 3.71. The first-order chi connectivity index (χ1) is 15.9. The van der Waals surface area contributed by atoms with Gasteiger partial charge >= 0.3 is 3.18 Å². The summed E-state index contributed by atoms with van der Waals surface area (Å²) in [5.74, 6) is 0.940. The second-order valence-corrected chi connectivity index (χ2v) is 14.1. The van der Waals surface area contributed by atoms with Crippen LogP contribution in [0.5, 0.6) is 11.5 Å². The van der Waals surface area contributed by atoms with Crippen LogP contribution >= 0.6 is 69.9 Å². The number of ether oxygens (including phenoxy) is 1. The number of carbonyl (C=O) groups is 2. The zero-order valence-corrected chi connectivity index (χ0v) is 23.4. The van der Waals surface area contributed by atoms with Gasteiger partial charge in [0.15, 0.2) is 22.6 Å². The van der Waals surface area contributed by atoms with Gasteiger partial charge in [0, 0.05) is 21.9 Å². The average molecular weight is 675 g/mol. The molecule has 0 aliphatic heterocycles. The largest absolute Gasteiger partial charge is 0.507 e. The van der Waals surface area contributed by atoms with E-state index >= 15 is 0 Å². The molecule has 2 heterocycles. The number of methoxy groups -OCH3 is 1. The molecule has 0 aliphatic carbocycles. The van der Waals surface area contributed by atoms with E-state index in [1.165, 1.54) is 22.7 Å². The number of para-hydroxylation sites is 2. The molecule has 4 aromatic rings. The minimum atomic E-state index is 0.176. The summed E-state index contributed by atoms with van der Waals surface area (Å²) < 4.78 is 5.49. The lowest BCUT2D eigenvalue weighted by Crippen LogP contribution is -1.87. The van der Waals surface area contributed by atoms with Crippen molar-refractivity contribution in [2.24, 2.45) is 0 Å². The van der Waals surface area contributed by atoms with Crippen LogP contribution in [0.1, 0.15) is 19.6 Å². The number of hydrogen-bond donors (Lipinski definition) is 1. The predicted octanol–water partition coefficient (Wildman–Crippen LogP) is 7.12. The summed E-state index contributed by atoms with van der Waals surface area (Å²) in [7, 11) is 1.62. The van der Waals surface area contributed by atoms with Gasteiger partial charge in [-0.05, 0) is 24.3 Å². The first-order valence-electron chi connectivity index (χ1n) is 9.05. The van der Waals surface area contributed by atoms with Crippen LogP contribution in [-0.4, -0.2) is 37.9 Å². The van der Waals surface area contributed by atoms with E-state index < -0.39 is 0 Å². The number of halogens is 3. The standard InChI is InChI=1S/C11H9NO2S.C10H7NO2S.BBr3/c1-14-10-5-3-2-4-8(10)9-7-15-11(6-13)12-9;12-5-10-11-8(6-14-10)7-3-1-2-4-9(7)13;2-1(3)4/h2-7H,1H3;1-6,13H;. The molecular formula is C21H16BBr3N2O4S2. The average Bonchev–Trinajstić information content (AvgIpc) is 3.49. The minimum Gasteiger partial charge on any atom is -0.507 e. The van der Waals surface area contributed by atoms with Crippen LogP contribution in [0.2, 0.25) is 0 Å². The van der Waals surface area contributed by atoms with Gasteiger partial charge in [0.2, 0.25) is 0 Å². The Labute approximate surface area is 224 Å². The lowest BCUT2D eigenvalue weighted by Gasteiger charge is -2.04. The smallest absolute Gasteiger partial charge is 0.369 e. The number of thiazole rings is 2. The number of nitrogens with zero attached hydrogens (tertiary/aromatic N) is 2. The Bertz CT molecular complexity index is 1180. The van der Waals surface area contributed by atoms with Gasteiger partial charge in [-0.2, -0.15) is 0 Å². The quantitative estimate of drug-likeness (QED) is 0.179. The zero-order chi connectivity index (χ0) is 24.2. The molecule has 1 N–H and O–H groups in total. The van der Waals surface area contributed by atoms with Crippen molar-refractivity contribution in [2.45, 2.75) is 0 Å². The molecule has 0 saturated carbocycles. The normalized spacial score (nSPS) is 9.58. The predicted molar refractivity (Wildman–Crippen MR) is 147 cm³/mol. The van der Waals surface area contributed by atoms with Crippen LogP contribution in [0.15, 0.2) is 59.3 Å². The van der Waals surface area contributed by atoms with E-state index in [4.69, 9.17) is 4.74 Å². The highest BCUT2D eigenvalue weighted by molar-refractivity contribution is 9.69. The van der Waals surface area contributed by atoms with E-state index in [9.17, 15) is 14.7 Å². The van der Waals surface area contributed by atoms with Crippen LogP contribution in [0.3, 0.4) is 0 Å². The summed E-state index contributed by atoms with van der Waals surface area (Å²) in [6, 6.07) is 14.5. The molecule has 0 spiro atoms. The maximum absolute atomic E-state index is 10.5. The monoisotopic (exact) mass is 672 g/mol. The third-order valence-corrected chi connectivity index (χ3v) is 5.35. The molecule has 0 saturated heterocycles. The maximum Gasteiger partial charge on any atom is 0.369 e. The van der Waals surface area contributed by atoms with Crippen LogP contribution in [0, 0.1) is 0 Å². The number of aromatic hydroxyl groups is 1. The Morgan fingerprint density at radius 3 is 1.76 bits per heavy atom. The van der Waals surface area contributed by atoms with Gasteiger partial charge in [-0.15, -0.1) is 69.9 Å². The molecule has 0 unspecified atom stereocenters. The summed E-state index contributed by atoms with van der Waals surface area (Å²) in [6.07, 6.45) is 1.46. The molecule has 0 bridgehead atoms. The number of aldehydes is 2. The van der Waals surface area contributed by atoms with Gasteiger partial charge in [-0.25, -0.2) is 9.97 Å². The zero-order valence-electron chi connectivity index (χ0n) is 17.0. The number of aromatic nitrogens is 2. The van der Waals surface area contributed by atoms with Crippen molar-refractivity contribution in [3.63, 3.8) is 0 Å². The molecule has 0 atom stereocenters. The number of hydrogen-bond acceptors (Lipinski definition) is 8. The van der Waals surface area contributed by atoms with E-state index in [1.807, 2.05) is 35.7 Å². The Morgan fingerprint density at radius 2 is 1.30 bits per heavy atom. The highest BCUT2D eigenvalue weighted by atomic mass is 79.9. The van der Waals surface area contributed by atoms with Gasteiger partial charge < -0.3 is 9.84 Å². The molecule has 0 amide bonds. The van der Waals surface area contributed by atoms with Crippen molar-refractivity contribution in [1.82, 2.24) is 9.97 Å². The topological polar surface area (TPSA) is 89.4 Å². The first kappa shape index (κ1) is 27.4. The van der Waals surface area contributed by atoms with E-state index in [0.717, 1.165) is 23.3 Å². The molecule has 12 heteroatoms. The van der Waals surface area contributed by atoms with E-state index in [0.29, 0.717) is 27.6 Å². The number of carbonyl (C=O) groups excluding carboxylic acids is 2. The Kier molecular flexibility index (Phi) is 12.0. The number of benzene rings is 2. The maximum atomic E-state index is 10.5. The molecule has 2 aromatic carbocycles. The van der Waals surface area contributed by atoms with Gasteiger partial charge in [0.05, 0.1) is 18.5 Å². The third kappa shape index (κ3) is 8.78. The summed E-state index contributed by atoms with van der Waals surface area (Å²) in [4.78, 5) is 29.2. The van der Waals surface area contributed by atoms with Gasteiger partial charge in [-0.3, -0.25) is 9.59 Å². The lowest BCUT2D eigenvalue weighted by molar-refractivity contribution is 0.111. The van der Waals surface area contributed by atoms with Crippen LogP contribution in [0.4, 0.5) is 0 Å². The summed E-state index contributed by atoms with van der Waals surface area (Å²) in [5.41, 5.74) is 2.97. The van der Waals surface area contributed by atoms with E-state index in [-0.39, 0.29) is 8.93 Å². The molecule has 0 fully saturated rings. The highest BCUT2D eigenvalue weighted by Gasteiger charge is 2.08. The second kappa shape index (κ2) is 14.4. The fraction of sp³-hybridized carbons (Fsp3) is 0.0476. The van der Waals surface area contributed by atoms with Crippen molar-refractivity contribution in [3.05, 3.63) is 69.3 Å². The molecule has 170 valence electrons. The molecular weight excluding hydrogens is 659 g/mol. The third-order valence-electron chi connectivity index (χ3n) is 3.81. The first-order valence-corrected chi connectivity index (χ1v) is 13.6. The summed E-state index contributed by atoms with van der Waals surface area (Å²) >= 11 is 11.9. The van der Waals surface area contributed by atoms with Gasteiger partial charge in [0.1, 0.15) is 11.5 Å². The Morgan fingerprint density at radius 1 is 0.848 bits per heavy atom. The Hall–Kier alpha value is -1.86. The van der Waals surface area contributed by atoms with Gasteiger partial charge in [0.25, 0.3) is 0 Å². The van der Waals surface area contributed by atoms with Crippen molar-refractivity contribution in [2.75, 3.05) is 7.11 Å². The minimum absolute atomic E-state index is 0.176. The SMILES string of the molecule is BrB(Br)Br.COc1ccccc1-c1csc(C=O)n1.O=Cc1nc(-c2ccccc2O)cs1. The molecule has 0 radical (unpaired) electrons. The molecule has 6 nitrogen and oxygen atoms in total. The van der Waals surface area contributed by atoms with Crippen molar-refractivity contribution in [1.29, 1.82) is 0 Å². The highest BCUT2D eigenvalue weighted by Crippen LogP contribution is 2.30. The van der Waals surface area contributed by atoms with Crippen LogP contribution in [-0.2, 0) is 0 Å². The summed E-state index contributed by atoms with van der Waals surface area (Å²) in [5, 5.41) is 14.0. The van der Waals surface area contributed by atoms with E-state index in [1.54, 1.807) is 30.7 Å². The van der Waals surface area contributed by atoms with Crippen LogP contribution < -0.4 is 4.74 Å². The second-order valence-electron chi connectivity index (χ2n) is 5.84. The van der Waals surface area contributed by atoms with Crippen LogP contribution in [0.25, 0.3) is 22.5 Å². The fourth-order valence-electron chi connectivity index (χ4n) is 2.48. The van der Waals surface area contributed by atoms with Crippen molar-refractivity contribution >= 4 is 85.7 Å². The number of phenols is 1. The molecule has 0 aliphatic rings. The Balaban J connectivity index is 0.000000202. The van der Waals surface area contributed by atoms with E-state index in [2.05, 4.69) is 57.2 Å². The molecule has 2 aromatic heterocycles. The van der Waals surface area contributed by atoms with Crippen molar-refractivity contribution in [3.8, 4) is 34.0 Å². The molecule has 4 rings (SSSR count). The van der Waals surface area contributed by atoms with Crippen molar-refractivity contribution < 1.29 is 19.4 Å².